The minimum atomic E-state index is -0.00514. The van der Waals surface area contributed by atoms with Crippen LogP contribution in [0.25, 0.3) is 0 Å². The number of aryl methyl sites for hydroxylation is 1. The Morgan fingerprint density at radius 3 is 2.90 bits per heavy atom. The van der Waals surface area contributed by atoms with Crippen molar-refractivity contribution in [2.24, 2.45) is 5.16 Å². The maximum Gasteiger partial charge on any atom is 0.146 e. The van der Waals surface area contributed by atoms with Crippen LogP contribution in [0, 0.1) is 6.92 Å². The maximum absolute atomic E-state index is 5.62. The Hall–Kier alpha value is -1.21. The fraction of sp³-hybridized carbons (Fsp3) is 0.462. The summed E-state index contributed by atoms with van der Waals surface area (Å²) in [7, 11) is 0. The average molecular weight is 357 g/mol. The second-order valence-corrected chi connectivity index (χ2v) is 6.96. The van der Waals surface area contributed by atoms with E-state index in [0.29, 0.717) is 6.54 Å². The zero-order valence-corrected chi connectivity index (χ0v) is 14.1. The molecule has 7 heteroatoms. The molecule has 0 radical (unpaired) electrons. The molecule has 0 saturated carbocycles. The van der Waals surface area contributed by atoms with E-state index < -0.39 is 0 Å². The quantitative estimate of drug-likeness (QED) is 0.586. The van der Waals surface area contributed by atoms with Gasteiger partial charge in [0.05, 0.1) is 26.6 Å². The van der Waals surface area contributed by atoms with E-state index in [9.17, 15) is 0 Å². The van der Waals surface area contributed by atoms with Gasteiger partial charge < -0.3 is 4.84 Å². The summed E-state index contributed by atoms with van der Waals surface area (Å²) in [6.45, 7) is 6.59. The van der Waals surface area contributed by atoms with Crippen LogP contribution >= 0.6 is 27.3 Å². The lowest BCUT2D eigenvalue weighted by Gasteiger charge is -2.12. The zero-order valence-electron chi connectivity index (χ0n) is 11.7. The first kappa shape index (κ1) is 15.2. The molecule has 0 aliphatic heterocycles. The standard InChI is InChI=1S/C13H17BrN4OS/c1-4-11(8-18-7-9(2)15-17-18)19-16-10(3)12-5-6-13(14)20-12/h5-7,11H,4,8H2,1-3H3/b16-10+. The van der Waals surface area contributed by atoms with Gasteiger partial charge in [0.25, 0.3) is 0 Å². The number of nitrogens with zero attached hydrogens (tertiary/aromatic N) is 4. The van der Waals surface area contributed by atoms with Crippen LogP contribution in [0.3, 0.4) is 0 Å². The molecule has 0 bridgehead atoms. The molecule has 1 atom stereocenters. The Kier molecular flexibility index (Phi) is 5.31. The summed E-state index contributed by atoms with van der Waals surface area (Å²) in [6, 6.07) is 4.03. The van der Waals surface area contributed by atoms with E-state index in [2.05, 4.69) is 38.3 Å². The third-order valence-corrected chi connectivity index (χ3v) is 4.50. The van der Waals surface area contributed by atoms with Crippen LogP contribution in [-0.2, 0) is 11.4 Å². The van der Waals surface area contributed by atoms with E-state index in [-0.39, 0.29) is 6.10 Å². The highest BCUT2D eigenvalue weighted by atomic mass is 79.9. The van der Waals surface area contributed by atoms with Crippen molar-refractivity contribution in [3.8, 4) is 0 Å². The molecule has 2 rings (SSSR count). The van der Waals surface area contributed by atoms with Gasteiger partial charge in [0.1, 0.15) is 6.10 Å². The fourth-order valence-corrected chi connectivity index (χ4v) is 2.96. The highest BCUT2D eigenvalue weighted by molar-refractivity contribution is 9.11. The first-order valence-electron chi connectivity index (χ1n) is 6.41. The molecule has 0 fully saturated rings. The van der Waals surface area contributed by atoms with Crippen LogP contribution in [0.1, 0.15) is 30.8 Å². The number of aromatic nitrogens is 3. The molecule has 0 saturated heterocycles. The Balaban J connectivity index is 1.96. The molecular weight excluding hydrogens is 340 g/mol. The lowest BCUT2D eigenvalue weighted by molar-refractivity contribution is 0.0412. The molecule has 2 aromatic rings. The number of halogens is 1. The van der Waals surface area contributed by atoms with Crippen molar-refractivity contribution in [3.05, 3.63) is 32.7 Å². The summed E-state index contributed by atoms with van der Waals surface area (Å²) in [5, 5.41) is 12.2. The summed E-state index contributed by atoms with van der Waals surface area (Å²) >= 11 is 5.09. The summed E-state index contributed by atoms with van der Waals surface area (Å²) in [5.74, 6) is 0. The molecule has 20 heavy (non-hydrogen) atoms. The molecule has 5 nitrogen and oxygen atoms in total. The Bertz CT molecular complexity index is 593. The van der Waals surface area contributed by atoms with Crippen LogP contribution in [0.5, 0.6) is 0 Å². The van der Waals surface area contributed by atoms with Gasteiger partial charge in [0, 0.05) is 6.20 Å². The lowest BCUT2D eigenvalue weighted by atomic mass is 10.3. The van der Waals surface area contributed by atoms with E-state index >= 15 is 0 Å². The molecule has 0 aliphatic rings. The van der Waals surface area contributed by atoms with E-state index in [1.165, 1.54) is 0 Å². The van der Waals surface area contributed by atoms with Gasteiger partial charge in [-0.3, -0.25) is 0 Å². The van der Waals surface area contributed by atoms with Gasteiger partial charge in [-0.15, -0.1) is 16.4 Å². The van der Waals surface area contributed by atoms with E-state index in [1.807, 2.05) is 32.2 Å². The van der Waals surface area contributed by atoms with Crippen molar-refractivity contribution in [1.29, 1.82) is 0 Å². The van der Waals surface area contributed by atoms with Crippen LogP contribution in [-0.4, -0.2) is 26.8 Å². The lowest BCUT2D eigenvalue weighted by Crippen LogP contribution is -2.18. The van der Waals surface area contributed by atoms with Crippen molar-refractivity contribution < 1.29 is 4.84 Å². The summed E-state index contributed by atoms with van der Waals surface area (Å²) in [5.41, 5.74) is 1.79. The topological polar surface area (TPSA) is 52.3 Å². The van der Waals surface area contributed by atoms with Gasteiger partial charge in [0.2, 0.25) is 0 Å². The molecular formula is C13H17BrN4OS. The van der Waals surface area contributed by atoms with Gasteiger partial charge in [0.15, 0.2) is 0 Å². The minimum Gasteiger partial charge on any atom is -0.390 e. The third kappa shape index (κ3) is 4.14. The highest BCUT2D eigenvalue weighted by Gasteiger charge is 2.10. The summed E-state index contributed by atoms with van der Waals surface area (Å²) < 4.78 is 2.88. The number of thiophene rings is 1. The maximum atomic E-state index is 5.62. The van der Waals surface area contributed by atoms with Crippen molar-refractivity contribution in [2.45, 2.75) is 39.8 Å². The largest absolute Gasteiger partial charge is 0.390 e. The molecule has 2 aromatic heterocycles. The average Bonchev–Trinajstić information content (AvgIpc) is 3.03. The van der Waals surface area contributed by atoms with Crippen molar-refractivity contribution in [1.82, 2.24) is 15.0 Å². The first-order valence-corrected chi connectivity index (χ1v) is 8.02. The van der Waals surface area contributed by atoms with E-state index in [4.69, 9.17) is 4.84 Å². The van der Waals surface area contributed by atoms with Gasteiger partial charge in [-0.2, -0.15) is 0 Å². The van der Waals surface area contributed by atoms with Gasteiger partial charge in [-0.1, -0.05) is 17.3 Å². The number of rotatable bonds is 6. The first-order chi connectivity index (χ1) is 9.58. The third-order valence-electron chi connectivity index (χ3n) is 2.77. The molecule has 0 N–H and O–H groups in total. The predicted octanol–water partition coefficient (Wildman–Crippen LogP) is 3.63. The van der Waals surface area contributed by atoms with E-state index in [0.717, 1.165) is 26.5 Å². The van der Waals surface area contributed by atoms with Gasteiger partial charge in [-0.05, 0) is 48.3 Å². The smallest absolute Gasteiger partial charge is 0.146 e. The molecule has 0 amide bonds. The second-order valence-electron chi connectivity index (χ2n) is 4.50. The fourth-order valence-electron chi connectivity index (χ4n) is 1.64. The Morgan fingerprint density at radius 1 is 1.55 bits per heavy atom. The van der Waals surface area contributed by atoms with Crippen LogP contribution < -0.4 is 0 Å². The number of hydrogen-bond acceptors (Lipinski definition) is 5. The monoisotopic (exact) mass is 356 g/mol. The van der Waals surface area contributed by atoms with Gasteiger partial charge >= 0.3 is 0 Å². The van der Waals surface area contributed by atoms with Crippen LogP contribution in [0.2, 0.25) is 0 Å². The van der Waals surface area contributed by atoms with Crippen molar-refractivity contribution in [3.63, 3.8) is 0 Å². The highest BCUT2D eigenvalue weighted by Crippen LogP contribution is 2.22. The second kappa shape index (κ2) is 6.99. The number of oxime groups is 1. The molecule has 0 aliphatic carbocycles. The summed E-state index contributed by atoms with van der Waals surface area (Å²) in [6.07, 6.45) is 2.76. The minimum absolute atomic E-state index is 0.00514. The normalized spacial score (nSPS) is 13.5. The predicted molar refractivity (Wildman–Crippen MR) is 84.2 cm³/mol. The molecule has 0 aromatic carbocycles. The SMILES string of the molecule is CCC(Cn1cc(C)nn1)O/N=C(\C)c1ccc(Br)s1. The summed E-state index contributed by atoms with van der Waals surface area (Å²) in [4.78, 5) is 6.72. The van der Waals surface area contributed by atoms with Gasteiger partial charge in [-0.25, -0.2) is 4.68 Å². The van der Waals surface area contributed by atoms with Crippen molar-refractivity contribution in [2.75, 3.05) is 0 Å². The zero-order chi connectivity index (χ0) is 14.5. The molecule has 1 unspecified atom stereocenters. The Labute approximate surface area is 130 Å². The van der Waals surface area contributed by atoms with Crippen LogP contribution in [0.4, 0.5) is 0 Å². The molecule has 0 spiro atoms. The molecule has 2 heterocycles. The van der Waals surface area contributed by atoms with E-state index in [1.54, 1.807) is 16.0 Å². The molecule has 108 valence electrons. The van der Waals surface area contributed by atoms with Crippen molar-refractivity contribution >= 4 is 33.0 Å². The Morgan fingerprint density at radius 2 is 2.35 bits per heavy atom. The number of hydrogen-bond donors (Lipinski definition) is 0. The van der Waals surface area contributed by atoms with Crippen LogP contribution in [0.15, 0.2) is 27.3 Å².